The Hall–Kier alpha value is -1.80. The smallest absolute Gasteiger partial charge is 0.272 e. The average molecular weight is 403 g/mol. The molecule has 0 radical (unpaired) electrons. The summed E-state index contributed by atoms with van der Waals surface area (Å²) >= 11 is 11.5. The molecule has 2 rings (SSSR count). The monoisotopic (exact) mass is 402 g/mol. The molecule has 25 heavy (non-hydrogen) atoms. The maximum absolute atomic E-state index is 12.1. The van der Waals surface area contributed by atoms with Crippen molar-refractivity contribution in [3.63, 3.8) is 0 Å². The summed E-state index contributed by atoms with van der Waals surface area (Å²) in [5.41, 5.74) is 4.20. The van der Waals surface area contributed by atoms with Crippen LogP contribution < -0.4 is 15.0 Å². The number of sulfonamides is 1. The molecule has 134 valence electrons. The molecule has 2 N–H and O–H groups in total. The summed E-state index contributed by atoms with van der Waals surface area (Å²) in [4.78, 5) is 13.6. The van der Waals surface area contributed by atoms with Gasteiger partial charge in [0, 0.05) is 0 Å². The number of nitrogens with one attached hydrogen (secondary N) is 2. The quantitative estimate of drug-likeness (QED) is 0.727. The van der Waals surface area contributed by atoms with E-state index >= 15 is 0 Å². The fourth-order valence-electron chi connectivity index (χ4n) is 1.82. The van der Waals surface area contributed by atoms with Crippen LogP contribution in [0.4, 0.5) is 0 Å². The van der Waals surface area contributed by atoms with E-state index < -0.39 is 15.9 Å². The van der Waals surface area contributed by atoms with Crippen molar-refractivity contribution in [2.75, 3.05) is 6.61 Å². The third kappa shape index (κ3) is 5.34. The topological polar surface area (TPSA) is 84.5 Å². The lowest BCUT2D eigenvalue weighted by Gasteiger charge is -2.11. The number of hydrogen-bond acceptors (Lipinski definition) is 4. The van der Waals surface area contributed by atoms with Crippen molar-refractivity contribution in [2.24, 2.45) is 0 Å². The van der Waals surface area contributed by atoms with E-state index in [0.29, 0.717) is 5.75 Å². The first-order valence-electron chi connectivity index (χ1n) is 7.15. The molecule has 0 heterocycles. The molecule has 0 aliphatic carbocycles. The van der Waals surface area contributed by atoms with Gasteiger partial charge in [-0.25, -0.2) is 8.42 Å². The molecular formula is C16H16Cl2N2O4S. The predicted molar refractivity (Wildman–Crippen MR) is 96.3 cm³/mol. The van der Waals surface area contributed by atoms with E-state index in [-0.39, 0.29) is 21.5 Å². The Bertz CT molecular complexity index is 901. The molecule has 2 aromatic carbocycles. The highest BCUT2D eigenvalue weighted by Gasteiger charge is 2.16. The van der Waals surface area contributed by atoms with Gasteiger partial charge in [-0.15, -0.1) is 4.83 Å². The SMILES string of the molecule is Cc1ccc(OCC(=O)NNS(=O)(=O)c2ccc(Cl)c(Cl)c2)cc1C. The van der Waals surface area contributed by atoms with Crippen molar-refractivity contribution in [1.82, 2.24) is 10.3 Å². The van der Waals surface area contributed by atoms with Gasteiger partial charge in [0.2, 0.25) is 0 Å². The van der Waals surface area contributed by atoms with Gasteiger partial charge in [-0.05, 0) is 55.3 Å². The van der Waals surface area contributed by atoms with Crippen molar-refractivity contribution < 1.29 is 17.9 Å². The third-order valence-corrected chi connectivity index (χ3v) is 5.36. The van der Waals surface area contributed by atoms with Crippen LogP contribution in [0.3, 0.4) is 0 Å². The van der Waals surface area contributed by atoms with Gasteiger partial charge in [0.25, 0.3) is 15.9 Å². The number of benzene rings is 2. The van der Waals surface area contributed by atoms with Gasteiger partial charge in [0.15, 0.2) is 6.61 Å². The first-order valence-corrected chi connectivity index (χ1v) is 9.39. The number of hydrazine groups is 1. The van der Waals surface area contributed by atoms with Crippen molar-refractivity contribution in [2.45, 2.75) is 18.7 Å². The minimum absolute atomic E-state index is 0.0916. The fourth-order valence-corrected chi connectivity index (χ4v) is 3.06. The van der Waals surface area contributed by atoms with Crippen LogP contribution >= 0.6 is 23.2 Å². The van der Waals surface area contributed by atoms with Gasteiger partial charge >= 0.3 is 0 Å². The molecule has 0 aliphatic heterocycles. The molecule has 0 spiro atoms. The van der Waals surface area contributed by atoms with Crippen LogP contribution in [-0.4, -0.2) is 20.9 Å². The van der Waals surface area contributed by atoms with Gasteiger partial charge < -0.3 is 4.74 Å². The minimum Gasteiger partial charge on any atom is -0.484 e. The molecule has 0 aliphatic rings. The molecule has 0 saturated carbocycles. The summed E-state index contributed by atoms with van der Waals surface area (Å²) in [7, 11) is -3.97. The third-order valence-electron chi connectivity index (χ3n) is 3.37. The van der Waals surface area contributed by atoms with Crippen molar-refractivity contribution in [3.05, 3.63) is 57.6 Å². The molecule has 9 heteroatoms. The maximum atomic E-state index is 12.1. The van der Waals surface area contributed by atoms with E-state index in [2.05, 4.69) is 5.43 Å². The van der Waals surface area contributed by atoms with Crippen LogP contribution in [0.25, 0.3) is 0 Å². The Morgan fingerprint density at radius 2 is 1.76 bits per heavy atom. The Morgan fingerprint density at radius 3 is 2.40 bits per heavy atom. The largest absolute Gasteiger partial charge is 0.484 e. The minimum atomic E-state index is -3.97. The zero-order valence-electron chi connectivity index (χ0n) is 13.5. The Kier molecular flexibility index (Phi) is 6.29. The Balaban J connectivity index is 1.92. The summed E-state index contributed by atoms with van der Waals surface area (Å²) in [5.74, 6) is -0.132. The molecule has 0 saturated heterocycles. The normalized spacial score (nSPS) is 11.2. The first kappa shape index (κ1) is 19.5. The lowest BCUT2D eigenvalue weighted by atomic mass is 10.1. The van der Waals surface area contributed by atoms with Crippen LogP contribution in [0.5, 0.6) is 5.75 Å². The van der Waals surface area contributed by atoms with E-state index in [1.165, 1.54) is 18.2 Å². The highest BCUT2D eigenvalue weighted by Crippen LogP contribution is 2.24. The second-order valence-electron chi connectivity index (χ2n) is 5.26. The van der Waals surface area contributed by atoms with Crippen LogP contribution in [0.15, 0.2) is 41.3 Å². The number of amides is 1. The van der Waals surface area contributed by atoms with E-state index in [0.717, 1.165) is 11.1 Å². The number of hydrogen-bond donors (Lipinski definition) is 2. The highest BCUT2D eigenvalue weighted by molar-refractivity contribution is 7.89. The van der Waals surface area contributed by atoms with Gasteiger partial charge in [-0.3, -0.25) is 10.2 Å². The summed E-state index contributed by atoms with van der Waals surface area (Å²) in [6, 6.07) is 9.20. The van der Waals surface area contributed by atoms with Crippen molar-refractivity contribution >= 4 is 39.1 Å². The predicted octanol–water partition coefficient (Wildman–Crippen LogP) is 3.00. The number of carbonyl (C=O) groups is 1. The van der Waals surface area contributed by atoms with Crippen LogP contribution in [-0.2, 0) is 14.8 Å². The first-order chi connectivity index (χ1) is 11.7. The number of aryl methyl sites for hydroxylation is 2. The number of carbonyl (C=O) groups excluding carboxylic acids is 1. The second kappa shape index (κ2) is 8.05. The number of halogens is 2. The molecular weight excluding hydrogens is 387 g/mol. The lowest BCUT2D eigenvalue weighted by molar-refractivity contribution is -0.123. The fraction of sp³-hybridized carbons (Fsp3) is 0.188. The number of ether oxygens (including phenoxy) is 1. The van der Waals surface area contributed by atoms with E-state index in [1.54, 1.807) is 12.1 Å². The average Bonchev–Trinajstić information content (AvgIpc) is 2.56. The van der Waals surface area contributed by atoms with E-state index in [4.69, 9.17) is 27.9 Å². The molecule has 0 atom stereocenters. The van der Waals surface area contributed by atoms with Crippen molar-refractivity contribution in [3.8, 4) is 5.75 Å². The van der Waals surface area contributed by atoms with Crippen LogP contribution in [0, 0.1) is 13.8 Å². The zero-order chi connectivity index (χ0) is 18.6. The van der Waals surface area contributed by atoms with Crippen LogP contribution in [0.2, 0.25) is 10.0 Å². The van der Waals surface area contributed by atoms with Crippen LogP contribution in [0.1, 0.15) is 11.1 Å². The molecule has 2 aromatic rings. The summed E-state index contributed by atoms with van der Waals surface area (Å²) < 4.78 is 29.5. The van der Waals surface area contributed by atoms with Gasteiger partial charge in [0.1, 0.15) is 5.75 Å². The maximum Gasteiger partial charge on any atom is 0.272 e. The summed E-state index contributed by atoms with van der Waals surface area (Å²) in [6.45, 7) is 3.55. The van der Waals surface area contributed by atoms with E-state index in [9.17, 15) is 13.2 Å². The summed E-state index contributed by atoms with van der Waals surface area (Å²) in [5, 5.41) is 0.320. The second-order valence-corrected chi connectivity index (χ2v) is 7.76. The number of rotatable bonds is 6. The molecule has 0 fully saturated rings. The summed E-state index contributed by atoms with van der Waals surface area (Å²) in [6.07, 6.45) is 0. The molecule has 0 unspecified atom stereocenters. The van der Waals surface area contributed by atoms with Crippen molar-refractivity contribution in [1.29, 1.82) is 0 Å². The lowest BCUT2D eigenvalue weighted by Crippen LogP contribution is -2.43. The van der Waals surface area contributed by atoms with Gasteiger partial charge in [0.05, 0.1) is 14.9 Å². The standard InChI is InChI=1S/C16H16Cl2N2O4S/c1-10-3-4-12(7-11(10)2)24-9-16(21)19-20-25(22,23)13-5-6-14(17)15(18)8-13/h3-8,20H,9H2,1-2H3,(H,19,21). The molecule has 6 nitrogen and oxygen atoms in total. The van der Waals surface area contributed by atoms with Gasteiger partial charge in [-0.1, -0.05) is 29.3 Å². The zero-order valence-corrected chi connectivity index (χ0v) is 15.8. The molecule has 0 bridgehead atoms. The molecule has 1 amide bonds. The van der Waals surface area contributed by atoms with E-state index in [1.807, 2.05) is 24.7 Å². The van der Waals surface area contributed by atoms with Gasteiger partial charge in [-0.2, -0.15) is 0 Å². The Morgan fingerprint density at radius 1 is 1.04 bits per heavy atom. The Labute approximate surface area is 156 Å². The molecule has 0 aromatic heterocycles. The highest BCUT2D eigenvalue weighted by atomic mass is 35.5.